The highest BCUT2D eigenvalue weighted by molar-refractivity contribution is 5.71. The van der Waals surface area contributed by atoms with Crippen molar-refractivity contribution < 1.29 is 28.6 Å². The Morgan fingerprint density at radius 2 is 0.444 bits per heavy atom. The third kappa shape index (κ3) is 68.6. The third-order valence-electron chi connectivity index (χ3n) is 17.0. The molecule has 478 valence electrons. The summed E-state index contributed by atoms with van der Waals surface area (Å²) in [5.74, 6) is -0.839. The molecule has 0 amide bonds. The van der Waals surface area contributed by atoms with Gasteiger partial charge in [0, 0.05) is 19.3 Å². The number of rotatable bonds is 69. The van der Waals surface area contributed by atoms with E-state index in [0.29, 0.717) is 19.3 Å². The molecule has 0 aromatic heterocycles. The second-order valence-electron chi connectivity index (χ2n) is 25.2. The standard InChI is InChI=1S/C75H142O6/c1-4-7-10-13-16-19-22-25-27-29-31-33-34-35-36-37-38-39-40-41-43-44-46-48-50-53-56-59-62-65-68-74(77)80-71-72(70-79-73(76)67-64-61-58-55-52-24-21-18-15-12-9-6-3)81-75(78)69-66-63-60-57-54-51-49-47-45-42-32-30-28-26-23-20-17-14-11-8-5-2/h23,26,30,32,72H,4-22,24-25,27-29,31,33-71H2,1-3H3/b26-23-,32-30-. The first-order chi connectivity index (χ1) is 40.0. The summed E-state index contributed by atoms with van der Waals surface area (Å²) >= 11 is 0. The van der Waals surface area contributed by atoms with Crippen molar-refractivity contribution in [2.75, 3.05) is 13.2 Å². The number of unbranched alkanes of at least 4 members (excludes halogenated alkanes) is 54. The van der Waals surface area contributed by atoms with Gasteiger partial charge in [-0.25, -0.2) is 0 Å². The lowest BCUT2D eigenvalue weighted by atomic mass is 10.0. The molecule has 0 aliphatic heterocycles. The molecule has 0 aromatic rings. The van der Waals surface area contributed by atoms with Crippen LogP contribution in [0.25, 0.3) is 0 Å². The molecule has 0 N–H and O–H groups in total. The molecular weight excluding hydrogens is 997 g/mol. The fourth-order valence-electron chi connectivity index (χ4n) is 11.4. The number of hydrogen-bond donors (Lipinski definition) is 0. The van der Waals surface area contributed by atoms with Crippen molar-refractivity contribution in [2.24, 2.45) is 0 Å². The molecule has 0 spiro atoms. The van der Waals surface area contributed by atoms with Crippen LogP contribution in [-0.2, 0) is 28.6 Å². The van der Waals surface area contributed by atoms with Crippen molar-refractivity contribution in [3.63, 3.8) is 0 Å². The molecule has 0 radical (unpaired) electrons. The molecule has 6 nitrogen and oxygen atoms in total. The zero-order chi connectivity index (χ0) is 58.5. The van der Waals surface area contributed by atoms with Crippen molar-refractivity contribution >= 4 is 17.9 Å². The zero-order valence-electron chi connectivity index (χ0n) is 55.1. The number of esters is 3. The number of carbonyl (C=O) groups excluding carboxylic acids is 3. The Labute approximate surface area is 506 Å². The summed E-state index contributed by atoms with van der Waals surface area (Å²) in [6.45, 7) is 6.71. The molecule has 0 bridgehead atoms. The maximum Gasteiger partial charge on any atom is 0.306 e. The highest BCUT2D eigenvalue weighted by Gasteiger charge is 2.20. The summed E-state index contributed by atoms with van der Waals surface area (Å²) in [5.41, 5.74) is 0. The SMILES string of the molecule is CCCCCCC/C=C\C/C=C\CCCCCCCCCCCC(=O)OC(COC(=O)CCCCCCCCCCCCCC)COC(=O)CCCCCCCCCCCCCCCCCCCCCCCCCCCCCCCC. The molecule has 0 aromatic carbocycles. The zero-order valence-corrected chi connectivity index (χ0v) is 55.1. The second-order valence-corrected chi connectivity index (χ2v) is 25.2. The van der Waals surface area contributed by atoms with E-state index in [1.165, 1.54) is 315 Å². The lowest BCUT2D eigenvalue weighted by molar-refractivity contribution is -0.167. The van der Waals surface area contributed by atoms with E-state index in [1.807, 2.05) is 0 Å². The Kier molecular flexibility index (Phi) is 68.5. The van der Waals surface area contributed by atoms with Crippen LogP contribution >= 0.6 is 0 Å². The average Bonchev–Trinajstić information content (AvgIpc) is 3.47. The predicted molar refractivity (Wildman–Crippen MR) is 353 cm³/mol. The van der Waals surface area contributed by atoms with Gasteiger partial charge in [-0.1, -0.05) is 373 Å². The molecule has 6 heteroatoms. The third-order valence-corrected chi connectivity index (χ3v) is 17.0. The lowest BCUT2D eigenvalue weighted by Crippen LogP contribution is -2.30. The van der Waals surface area contributed by atoms with Crippen LogP contribution in [-0.4, -0.2) is 37.2 Å². The van der Waals surface area contributed by atoms with E-state index in [-0.39, 0.29) is 31.1 Å². The highest BCUT2D eigenvalue weighted by atomic mass is 16.6. The van der Waals surface area contributed by atoms with Crippen LogP contribution in [0.3, 0.4) is 0 Å². The fourth-order valence-corrected chi connectivity index (χ4v) is 11.4. The molecule has 0 saturated carbocycles. The van der Waals surface area contributed by atoms with E-state index < -0.39 is 6.10 Å². The topological polar surface area (TPSA) is 78.9 Å². The summed E-state index contributed by atoms with van der Waals surface area (Å²) in [6, 6.07) is 0. The molecule has 0 fully saturated rings. The van der Waals surface area contributed by atoms with Crippen LogP contribution in [0.1, 0.15) is 419 Å². The fraction of sp³-hybridized carbons (Fsp3) is 0.907. The molecule has 0 rings (SSSR count). The minimum absolute atomic E-state index is 0.0665. The first-order valence-electron chi connectivity index (χ1n) is 36.8. The van der Waals surface area contributed by atoms with Gasteiger partial charge in [0.15, 0.2) is 6.10 Å². The van der Waals surface area contributed by atoms with Gasteiger partial charge >= 0.3 is 17.9 Å². The van der Waals surface area contributed by atoms with Gasteiger partial charge in [-0.05, 0) is 51.4 Å². The van der Waals surface area contributed by atoms with Crippen molar-refractivity contribution in [1.82, 2.24) is 0 Å². The smallest absolute Gasteiger partial charge is 0.306 e. The van der Waals surface area contributed by atoms with E-state index >= 15 is 0 Å². The van der Waals surface area contributed by atoms with Crippen LogP contribution in [0.5, 0.6) is 0 Å². The average molecular weight is 1140 g/mol. The van der Waals surface area contributed by atoms with Crippen molar-refractivity contribution in [3.8, 4) is 0 Å². The number of ether oxygens (including phenoxy) is 3. The normalized spacial score (nSPS) is 12.1. The first-order valence-corrected chi connectivity index (χ1v) is 36.8. The number of allylic oxidation sites excluding steroid dienone is 4. The Bertz CT molecular complexity index is 1310. The van der Waals surface area contributed by atoms with Gasteiger partial charge in [-0.2, -0.15) is 0 Å². The van der Waals surface area contributed by atoms with Gasteiger partial charge < -0.3 is 14.2 Å². The Morgan fingerprint density at radius 3 is 0.679 bits per heavy atom. The molecule has 0 heterocycles. The van der Waals surface area contributed by atoms with E-state index in [9.17, 15) is 14.4 Å². The van der Waals surface area contributed by atoms with Crippen LogP contribution in [0.2, 0.25) is 0 Å². The minimum Gasteiger partial charge on any atom is -0.462 e. The van der Waals surface area contributed by atoms with Crippen LogP contribution in [0, 0.1) is 0 Å². The summed E-state index contributed by atoms with van der Waals surface area (Å²) in [5, 5.41) is 0. The monoisotopic (exact) mass is 1140 g/mol. The molecule has 0 aliphatic rings. The quantitative estimate of drug-likeness (QED) is 0.0261. The van der Waals surface area contributed by atoms with E-state index in [1.54, 1.807) is 0 Å². The lowest BCUT2D eigenvalue weighted by Gasteiger charge is -2.18. The molecular formula is C75H142O6. The number of hydrogen-bond acceptors (Lipinski definition) is 6. The Hall–Kier alpha value is -2.11. The van der Waals surface area contributed by atoms with Crippen molar-refractivity contribution in [1.29, 1.82) is 0 Å². The van der Waals surface area contributed by atoms with Crippen LogP contribution in [0.4, 0.5) is 0 Å². The second kappa shape index (κ2) is 70.4. The van der Waals surface area contributed by atoms with Gasteiger partial charge in [-0.15, -0.1) is 0 Å². The number of carbonyl (C=O) groups is 3. The highest BCUT2D eigenvalue weighted by Crippen LogP contribution is 2.19. The van der Waals surface area contributed by atoms with Gasteiger partial charge in [0.05, 0.1) is 0 Å². The van der Waals surface area contributed by atoms with Gasteiger partial charge in [-0.3, -0.25) is 14.4 Å². The summed E-state index contributed by atoms with van der Waals surface area (Å²) in [7, 11) is 0. The maximum atomic E-state index is 12.9. The molecule has 1 unspecified atom stereocenters. The van der Waals surface area contributed by atoms with Crippen molar-refractivity contribution in [2.45, 2.75) is 425 Å². The maximum absolute atomic E-state index is 12.9. The minimum atomic E-state index is -0.770. The van der Waals surface area contributed by atoms with Gasteiger partial charge in [0.25, 0.3) is 0 Å². The molecule has 81 heavy (non-hydrogen) atoms. The summed E-state index contributed by atoms with van der Waals surface area (Å²) in [6.07, 6.45) is 86.6. The van der Waals surface area contributed by atoms with Gasteiger partial charge in [0.1, 0.15) is 13.2 Å². The first kappa shape index (κ1) is 78.9. The van der Waals surface area contributed by atoms with Crippen molar-refractivity contribution in [3.05, 3.63) is 24.3 Å². The largest absolute Gasteiger partial charge is 0.462 e. The van der Waals surface area contributed by atoms with E-state index in [0.717, 1.165) is 64.2 Å². The molecule has 0 saturated heterocycles. The predicted octanol–water partition coefficient (Wildman–Crippen LogP) is 25.3. The van der Waals surface area contributed by atoms with Crippen LogP contribution < -0.4 is 0 Å². The Balaban J connectivity index is 4.14. The summed E-state index contributed by atoms with van der Waals surface area (Å²) < 4.78 is 17.0. The van der Waals surface area contributed by atoms with E-state index in [4.69, 9.17) is 14.2 Å². The Morgan fingerprint density at radius 1 is 0.247 bits per heavy atom. The van der Waals surface area contributed by atoms with Crippen LogP contribution in [0.15, 0.2) is 24.3 Å². The van der Waals surface area contributed by atoms with Gasteiger partial charge in [0.2, 0.25) is 0 Å². The molecule has 0 aliphatic carbocycles. The summed E-state index contributed by atoms with van der Waals surface area (Å²) in [4.78, 5) is 38.4. The van der Waals surface area contributed by atoms with E-state index in [2.05, 4.69) is 45.1 Å². The molecule has 1 atom stereocenters.